The molecule has 1 aromatic carbocycles. The minimum atomic E-state index is -0.594. The number of rotatable bonds is 11. The van der Waals surface area contributed by atoms with Crippen molar-refractivity contribution in [1.82, 2.24) is 9.47 Å². The molecule has 1 aliphatic heterocycles. The summed E-state index contributed by atoms with van der Waals surface area (Å²) in [4.78, 5) is 43.0. The number of hydrogen-bond acceptors (Lipinski definition) is 4. The molecule has 2 heterocycles. The van der Waals surface area contributed by atoms with Gasteiger partial charge in [0.2, 0.25) is 11.8 Å². The van der Waals surface area contributed by atoms with Crippen LogP contribution in [0.2, 0.25) is 0 Å². The zero-order chi connectivity index (χ0) is 28.1. The van der Waals surface area contributed by atoms with Crippen molar-refractivity contribution < 1.29 is 14.4 Å². The minimum Gasteiger partial charge on any atom is -0.369 e. The molecular weight excluding hydrogens is 476 g/mol. The van der Waals surface area contributed by atoms with Gasteiger partial charge in [-0.15, -0.1) is 0 Å². The number of anilines is 1. The summed E-state index contributed by atoms with van der Waals surface area (Å²) in [6, 6.07) is 9.64. The number of primary amides is 1. The zero-order valence-corrected chi connectivity index (χ0v) is 24.3. The number of ketones is 1. The summed E-state index contributed by atoms with van der Waals surface area (Å²) < 4.78 is 1.84. The first kappa shape index (κ1) is 29.6. The van der Waals surface area contributed by atoms with Gasteiger partial charge in [0.05, 0.1) is 11.6 Å². The molecule has 0 aliphatic carbocycles. The van der Waals surface area contributed by atoms with Crippen molar-refractivity contribution in [2.75, 3.05) is 24.5 Å². The number of nitrogens with two attached hydrogens (primary N) is 1. The lowest BCUT2D eigenvalue weighted by molar-refractivity contribution is -0.121. The summed E-state index contributed by atoms with van der Waals surface area (Å²) >= 11 is 0. The molecule has 1 fully saturated rings. The highest BCUT2D eigenvalue weighted by Gasteiger charge is 2.36. The number of carbonyl (C=O) groups excluding carboxylic acids is 3. The quantitative estimate of drug-likeness (QED) is 0.413. The zero-order valence-electron chi connectivity index (χ0n) is 24.3. The molecule has 1 aliphatic rings. The highest BCUT2D eigenvalue weighted by Crippen LogP contribution is 2.32. The van der Waals surface area contributed by atoms with Gasteiger partial charge in [-0.2, -0.15) is 0 Å². The number of benzene rings is 1. The molecule has 2 N–H and O–H groups in total. The number of hydrogen-bond donors (Lipinski definition) is 1. The second kappa shape index (κ2) is 12.7. The number of Topliss-reactive ketones (excluding diaryl/α,β-unsaturated/α-hetero) is 1. The maximum Gasteiger partial charge on any atom is 0.228 e. The Bertz CT molecular complexity index is 1140. The second-order valence-electron chi connectivity index (χ2n) is 11.4. The van der Waals surface area contributed by atoms with Gasteiger partial charge in [0, 0.05) is 43.9 Å². The van der Waals surface area contributed by atoms with Crippen LogP contribution in [0.15, 0.2) is 30.3 Å². The van der Waals surface area contributed by atoms with E-state index in [1.54, 1.807) is 6.92 Å². The standard InChI is InChI=1S/C31H46N4O3/c1-20(2)24-12-11-13-25(22(24)5)35(23(6)36)19-16-27(34-17-9-8-10-18-34)29(31(32)38)26-14-15-28(33(26)7)30(37)21(3)4/h11-15,20-21,27,29H,8-10,16-19H2,1-7H3,(H2,32,38). The van der Waals surface area contributed by atoms with Crippen molar-refractivity contribution in [3.8, 4) is 0 Å². The Morgan fingerprint density at radius 1 is 1.00 bits per heavy atom. The van der Waals surface area contributed by atoms with Crippen LogP contribution in [-0.4, -0.2) is 52.7 Å². The summed E-state index contributed by atoms with van der Waals surface area (Å²) in [6.07, 6.45) is 3.90. The number of nitrogens with zero attached hydrogens (tertiary/aromatic N) is 3. The van der Waals surface area contributed by atoms with Crippen LogP contribution in [0.5, 0.6) is 0 Å². The second-order valence-corrected chi connectivity index (χ2v) is 11.4. The van der Waals surface area contributed by atoms with Crippen LogP contribution >= 0.6 is 0 Å². The number of aromatic nitrogens is 1. The minimum absolute atomic E-state index is 0.0225. The lowest BCUT2D eigenvalue weighted by atomic mass is 9.89. The van der Waals surface area contributed by atoms with Crippen molar-refractivity contribution in [2.45, 2.75) is 85.1 Å². The van der Waals surface area contributed by atoms with E-state index < -0.39 is 11.8 Å². The monoisotopic (exact) mass is 522 g/mol. The summed E-state index contributed by atoms with van der Waals surface area (Å²) in [5.74, 6) is -0.772. The van der Waals surface area contributed by atoms with Crippen LogP contribution in [-0.2, 0) is 16.6 Å². The van der Waals surface area contributed by atoms with Gasteiger partial charge in [0.1, 0.15) is 0 Å². The Balaban J connectivity index is 2.00. The molecule has 0 spiro atoms. The molecule has 2 unspecified atom stereocenters. The van der Waals surface area contributed by atoms with Gasteiger partial charge >= 0.3 is 0 Å². The number of carbonyl (C=O) groups is 3. The highest BCUT2D eigenvalue weighted by atomic mass is 16.2. The topological polar surface area (TPSA) is 88.6 Å². The molecule has 0 saturated carbocycles. The van der Waals surface area contributed by atoms with Gasteiger partial charge in [-0.05, 0) is 74.5 Å². The molecule has 7 heteroatoms. The molecule has 2 amide bonds. The molecule has 1 saturated heterocycles. The summed E-state index contributed by atoms with van der Waals surface area (Å²) in [6.45, 7) is 14.0. The van der Waals surface area contributed by atoms with Crippen LogP contribution in [0.4, 0.5) is 5.69 Å². The molecular formula is C31H46N4O3. The first-order valence-corrected chi connectivity index (χ1v) is 14.1. The van der Waals surface area contributed by atoms with E-state index in [0.717, 1.165) is 42.9 Å². The lowest BCUT2D eigenvalue weighted by Crippen LogP contribution is -2.48. The predicted octanol–water partition coefficient (Wildman–Crippen LogP) is 5.16. The van der Waals surface area contributed by atoms with Crippen LogP contribution in [0, 0.1) is 12.8 Å². The van der Waals surface area contributed by atoms with Crippen LogP contribution in [0.3, 0.4) is 0 Å². The van der Waals surface area contributed by atoms with Gasteiger partial charge in [0.15, 0.2) is 5.78 Å². The van der Waals surface area contributed by atoms with E-state index in [0.29, 0.717) is 24.6 Å². The van der Waals surface area contributed by atoms with E-state index in [-0.39, 0.29) is 23.7 Å². The third-order valence-electron chi connectivity index (χ3n) is 8.10. The summed E-state index contributed by atoms with van der Waals surface area (Å²) in [7, 11) is 1.84. The first-order chi connectivity index (χ1) is 18.0. The fourth-order valence-corrected chi connectivity index (χ4v) is 5.99. The van der Waals surface area contributed by atoms with Gasteiger partial charge in [-0.1, -0.05) is 46.2 Å². The SMILES string of the molecule is CC(=O)N(CCC(C(C(N)=O)c1ccc(C(=O)C(C)C)n1C)N1CCCCC1)c1cccc(C(C)C)c1C. The maximum absolute atomic E-state index is 13.1. The Morgan fingerprint density at radius 2 is 1.66 bits per heavy atom. The van der Waals surface area contributed by atoms with Crippen molar-refractivity contribution >= 4 is 23.3 Å². The van der Waals surface area contributed by atoms with Gasteiger partial charge in [-0.3, -0.25) is 19.3 Å². The molecule has 2 aromatic rings. The van der Waals surface area contributed by atoms with Crippen molar-refractivity contribution in [3.05, 3.63) is 52.8 Å². The molecule has 0 radical (unpaired) electrons. The van der Waals surface area contributed by atoms with E-state index in [4.69, 9.17) is 5.73 Å². The van der Waals surface area contributed by atoms with Gasteiger partial charge in [0.25, 0.3) is 0 Å². The van der Waals surface area contributed by atoms with E-state index in [2.05, 4.69) is 31.7 Å². The third-order valence-corrected chi connectivity index (χ3v) is 8.10. The Hall–Kier alpha value is -2.93. The molecule has 38 heavy (non-hydrogen) atoms. The normalized spacial score (nSPS) is 16.0. The Kier molecular flexibility index (Phi) is 9.94. The lowest BCUT2D eigenvalue weighted by Gasteiger charge is -2.39. The molecule has 3 rings (SSSR count). The fraction of sp³-hybridized carbons (Fsp3) is 0.581. The number of likely N-dealkylation sites (tertiary alicyclic amines) is 1. The van der Waals surface area contributed by atoms with Crippen LogP contribution in [0.1, 0.15) is 99.4 Å². The van der Waals surface area contributed by atoms with Crippen LogP contribution in [0.25, 0.3) is 0 Å². The molecule has 2 atom stereocenters. The molecule has 0 bridgehead atoms. The average molecular weight is 523 g/mol. The predicted molar refractivity (Wildman–Crippen MR) is 154 cm³/mol. The fourth-order valence-electron chi connectivity index (χ4n) is 5.99. The Morgan fingerprint density at radius 3 is 2.21 bits per heavy atom. The molecule has 7 nitrogen and oxygen atoms in total. The number of amides is 2. The third kappa shape index (κ3) is 6.37. The van der Waals surface area contributed by atoms with E-state index in [1.807, 2.05) is 54.6 Å². The summed E-state index contributed by atoms with van der Waals surface area (Å²) in [5, 5.41) is 0. The summed E-state index contributed by atoms with van der Waals surface area (Å²) in [5.41, 5.74) is 10.7. The Labute approximate surface area is 228 Å². The molecule has 1 aromatic heterocycles. The number of piperidine rings is 1. The molecule has 208 valence electrons. The van der Waals surface area contributed by atoms with Crippen molar-refractivity contribution in [2.24, 2.45) is 18.7 Å². The van der Waals surface area contributed by atoms with Crippen molar-refractivity contribution in [1.29, 1.82) is 0 Å². The maximum atomic E-state index is 13.1. The first-order valence-electron chi connectivity index (χ1n) is 14.1. The van der Waals surface area contributed by atoms with Crippen LogP contribution < -0.4 is 10.6 Å². The van der Waals surface area contributed by atoms with Crippen molar-refractivity contribution in [3.63, 3.8) is 0 Å². The van der Waals surface area contributed by atoms with Gasteiger partial charge < -0.3 is 15.2 Å². The highest BCUT2D eigenvalue weighted by molar-refractivity contribution is 5.96. The average Bonchev–Trinajstić information content (AvgIpc) is 3.24. The van der Waals surface area contributed by atoms with E-state index >= 15 is 0 Å². The van der Waals surface area contributed by atoms with E-state index in [9.17, 15) is 14.4 Å². The van der Waals surface area contributed by atoms with Gasteiger partial charge in [-0.25, -0.2) is 0 Å². The van der Waals surface area contributed by atoms with E-state index in [1.165, 1.54) is 12.0 Å². The smallest absolute Gasteiger partial charge is 0.228 e. The largest absolute Gasteiger partial charge is 0.369 e.